The van der Waals surface area contributed by atoms with Crippen molar-refractivity contribution in [1.29, 1.82) is 0 Å². The highest BCUT2D eigenvalue weighted by Crippen LogP contribution is 2.26. The molecule has 0 aliphatic carbocycles. The molecular formula is C16H15BrFNO. The van der Waals surface area contributed by atoms with Crippen LogP contribution in [0.15, 0.2) is 46.9 Å². The van der Waals surface area contributed by atoms with E-state index in [1.807, 2.05) is 24.3 Å². The fourth-order valence-electron chi connectivity index (χ4n) is 2.18. The summed E-state index contributed by atoms with van der Waals surface area (Å²) in [6.07, 6.45) is 0. The molecule has 0 amide bonds. The minimum atomic E-state index is -0.379. The first-order valence-corrected chi connectivity index (χ1v) is 7.03. The number of nitrogens with zero attached hydrogens (tertiary/aromatic N) is 1. The van der Waals surface area contributed by atoms with Gasteiger partial charge >= 0.3 is 0 Å². The maximum atomic E-state index is 14.0. The summed E-state index contributed by atoms with van der Waals surface area (Å²) in [4.78, 5) is 13.4. The second-order valence-corrected chi connectivity index (χ2v) is 5.59. The van der Waals surface area contributed by atoms with Crippen LogP contribution >= 0.6 is 15.9 Å². The van der Waals surface area contributed by atoms with Crippen molar-refractivity contribution in [1.82, 2.24) is 0 Å². The largest absolute Gasteiger partial charge is 0.367 e. The quantitative estimate of drug-likeness (QED) is 0.770. The van der Waals surface area contributed by atoms with Gasteiger partial charge in [0.15, 0.2) is 5.78 Å². The molecule has 0 saturated heterocycles. The molecule has 0 N–H and O–H groups in total. The number of carbonyl (C=O) groups is 1. The zero-order valence-corrected chi connectivity index (χ0v) is 12.9. The number of para-hydroxylation sites is 1. The predicted molar refractivity (Wildman–Crippen MR) is 82.7 cm³/mol. The molecule has 2 aromatic rings. The highest BCUT2D eigenvalue weighted by molar-refractivity contribution is 9.10. The van der Waals surface area contributed by atoms with Crippen LogP contribution in [0.3, 0.4) is 0 Å². The van der Waals surface area contributed by atoms with E-state index < -0.39 is 0 Å². The van der Waals surface area contributed by atoms with Gasteiger partial charge in [-0.1, -0.05) is 34.1 Å². The van der Waals surface area contributed by atoms with Crippen molar-refractivity contribution >= 4 is 27.4 Å². The monoisotopic (exact) mass is 335 g/mol. The Morgan fingerprint density at radius 3 is 2.60 bits per heavy atom. The Morgan fingerprint density at radius 2 is 1.95 bits per heavy atom. The first-order chi connectivity index (χ1) is 9.49. The molecule has 0 aromatic heterocycles. The molecule has 0 bridgehead atoms. The lowest BCUT2D eigenvalue weighted by atomic mass is 10.1. The Morgan fingerprint density at radius 1 is 1.25 bits per heavy atom. The number of benzene rings is 2. The summed E-state index contributed by atoms with van der Waals surface area (Å²) in [5.74, 6) is -0.518. The standard InChI is InChI=1S/C16H15BrFNO/c1-11(20)14-7-4-8-15(18)16(14)19(2)10-12-5-3-6-13(17)9-12/h3-9H,10H2,1-2H3. The van der Waals surface area contributed by atoms with Crippen LogP contribution in [0.4, 0.5) is 10.1 Å². The predicted octanol–water partition coefficient (Wildman–Crippen LogP) is 4.43. The third kappa shape index (κ3) is 3.25. The second kappa shape index (κ2) is 6.18. The molecule has 0 saturated carbocycles. The Kier molecular flexibility index (Phi) is 4.55. The van der Waals surface area contributed by atoms with Gasteiger partial charge in [-0.2, -0.15) is 0 Å². The van der Waals surface area contributed by atoms with Crippen LogP contribution in [-0.4, -0.2) is 12.8 Å². The van der Waals surface area contributed by atoms with Crippen molar-refractivity contribution in [2.45, 2.75) is 13.5 Å². The van der Waals surface area contributed by atoms with Gasteiger partial charge < -0.3 is 4.90 Å². The number of hydrogen-bond donors (Lipinski definition) is 0. The van der Waals surface area contributed by atoms with E-state index in [-0.39, 0.29) is 11.6 Å². The van der Waals surface area contributed by atoms with Gasteiger partial charge in [0.25, 0.3) is 0 Å². The number of rotatable bonds is 4. The first-order valence-electron chi connectivity index (χ1n) is 6.24. The van der Waals surface area contributed by atoms with Crippen LogP contribution in [-0.2, 0) is 6.54 Å². The maximum Gasteiger partial charge on any atom is 0.161 e. The topological polar surface area (TPSA) is 20.3 Å². The lowest BCUT2D eigenvalue weighted by molar-refractivity contribution is 0.101. The molecule has 2 nitrogen and oxygen atoms in total. The third-order valence-corrected chi connectivity index (χ3v) is 3.55. The molecular weight excluding hydrogens is 321 g/mol. The Hall–Kier alpha value is -1.68. The van der Waals surface area contributed by atoms with Gasteiger partial charge in [0.05, 0.1) is 5.69 Å². The van der Waals surface area contributed by atoms with E-state index in [2.05, 4.69) is 15.9 Å². The fourth-order valence-corrected chi connectivity index (χ4v) is 2.62. The van der Waals surface area contributed by atoms with Gasteiger partial charge in [0.1, 0.15) is 5.82 Å². The molecule has 0 radical (unpaired) electrons. The average Bonchev–Trinajstić information content (AvgIpc) is 2.38. The molecule has 2 rings (SSSR count). The molecule has 0 atom stereocenters. The number of ketones is 1. The van der Waals surface area contributed by atoms with Crippen molar-refractivity contribution in [2.75, 3.05) is 11.9 Å². The van der Waals surface area contributed by atoms with Crippen LogP contribution in [0, 0.1) is 5.82 Å². The first kappa shape index (κ1) is 14.7. The summed E-state index contributed by atoms with van der Waals surface area (Å²) in [6, 6.07) is 12.4. The number of carbonyl (C=O) groups excluding carboxylic acids is 1. The summed E-state index contributed by atoms with van der Waals surface area (Å²) in [7, 11) is 1.78. The van der Waals surface area contributed by atoms with Crippen molar-refractivity contribution in [3.8, 4) is 0 Å². The van der Waals surface area contributed by atoms with Gasteiger partial charge in [-0.25, -0.2) is 4.39 Å². The summed E-state index contributed by atoms with van der Waals surface area (Å²) in [5, 5.41) is 0. The minimum Gasteiger partial charge on any atom is -0.367 e. The SMILES string of the molecule is CC(=O)c1cccc(F)c1N(C)Cc1cccc(Br)c1. The maximum absolute atomic E-state index is 14.0. The highest BCUT2D eigenvalue weighted by Gasteiger charge is 2.16. The van der Waals surface area contributed by atoms with Crippen LogP contribution in [0.25, 0.3) is 0 Å². The van der Waals surface area contributed by atoms with Crippen molar-refractivity contribution in [3.05, 3.63) is 63.9 Å². The van der Waals surface area contributed by atoms with E-state index in [0.29, 0.717) is 17.8 Å². The molecule has 2 aromatic carbocycles. The smallest absolute Gasteiger partial charge is 0.161 e. The van der Waals surface area contributed by atoms with Gasteiger partial charge in [-0.15, -0.1) is 0 Å². The summed E-state index contributed by atoms with van der Waals surface area (Å²) in [5.41, 5.74) is 1.79. The summed E-state index contributed by atoms with van der Waals surface area (Å²) in [6.45, 7) is 1.98. The molecule has 4 heteroatoms. The van der Waals surface area contributed by atoms with Gasteiger partial charge in [-0.3, -0.25) is 4.79 Å². The van der Waals surface area contributed by atoms with E-state index >= 15 is 0 Å². The number of hydrogen-bond acceptors (Lipinski definition) is 2. The van der Waals surface area contributed by atoms with Crippen molar-refractivity contribution in [3.63, 3.8) is 0 Å². The third-order valence-electron chi connectivity index (χ3n) is 3.06. The van der Waals surface area contributed by atoms with Gasteiger partial charge in [0, 0.05) is 23.6 Å². The van der Waals surface area contributed by atoms with Crippen LogP contribution in [0.5, 0.6) is 0 Å². The lowest BCUT2D eigenvalue weighted by Crippen LogP contribution is -2.20. The van der Waals surface area contributed by atoms with Crippen LogP contribution < -0.4 is 4.90 Å². The number of Topliss-reactive ketones (excluding diaryl/α,β-unsaturated/α-hetero) is 1. The van der Waals surface area contributed by atoms with Gasteiger partial charge in [-0.05, 0) is 36.8 Å². The van der Waals surface area contributed by atoms with Gasteiger partial charge in [0.2, 0.25) is 0 Å². The van der Waals surface area contributed by atoms with Crippen LogP contribution in [0.2, 0.25) is 0 Å². The highest BCUT2D eigenvalue weighted by atomic mass is 79.9. The van der Waals surface area contributed by atoms with E-state index in [4.69, 9.17) is 0 Å². The Balaban J connectivity index is 2.34. The lowest BCUT2D eigenvalue weighted by Gasteiger charge is -2.22. The molecule has 20 heavy (non-hydrogen) atoms. The molecule has 104 valence electrons. The van der Waals surface area contributed by atoms with Crippen LogP contribution in [0.1, 0.15) is 22.8 Å². The normalized spacial score (nSPS) is 10.4. The zero-order chi connectivity index (χ0) is 14.7. The number of anilines is 1. The molecule has 0 heterocycles. The Labute approximate surface area is 126 Å². The zero-order valence-electron chi connectivity index (χ0n) is 11.4. The number of halogens is 2. The van der Waals surface area contributed by atoms with Crippen molar-refractivity contribution < 1.29 is 9.18 Å². The van der Waals surface area contributed by atoms with E-state index in [1.54, 1.807) is 24.1 Å². The summed E-state index contributed by atoms with van der Waals surface area (Å²) >= 11 is 3.41. The fraction of sp³-hybridized carbons (Fsp3) is 0.188. The minimum absolute atomic E-state index is 0.138. The van der Waals surface area contributed by atoms with E-state index in [1.165, 1.54) is 13.0 Å². The molecule has 0 spiro atoms. The second-order valence-electron chi connectivity index (χ2n) is 4.68. The summed E-state index contributed by atoms with van der Waals surface area (Å²) < 4.78 is 15.0. The Bertz CT molecular complexity index is 642. The average molecular weight is 336 g/mol. The molecule has 0 aliphatic heterocycles. The van der Waals surface area contributed by atoms with E-state index in [0.717, 1.165) is 10.0 Å². The van der Waals surface area contributed by atoms with Crippen molar-refractivity contribution in [2.24, 2.45) is 0 Å². The molecule has 0 aliphatic rings. The molecule has 0 fully saturated rings. The van der Waals surface area contributed by atoms with E-state index in [9.17, 15) is 9.18 Å². The molecule has 0 unspecified atom stereocenters.